The van der Waals surface area contributed by atoms with E-state index in [4.69, 9.17) is 4.74 Å². The van der Waals surface area contributed by atoms with Gasteiger partial charge in [0.25, 0.3) is 0 Å². The Kier molecular flexibility index (Phi) is 7.22. The molecule has 0 unspecified atom stereocenters. The van der Waals surface area contributed by atoms with E-state index in [1.165, 1.54) is 11.3 Å². The molecule has 1 aromatic heterocycles. The maximum absolute atomic E-state index is 11.1. The van der Waals surface area contributed by atoms with Gasteiger partial charge in [0, 0.05) is 6.42 Å². The van der Waals surface area contributed by atoms with Gasteiger partial charge in [-0.05, 0) is 83.0 Å². The molecule has 1 aromatic rings. The third-order valence-electron chi connectivity index (χ3n) is 2.11. The average molecular weight is 464 g/mol. The van der Waals surface area contributed by atoms with Crippen LogP contribution in [0.3, 0.4) is 0 Å². The van der Waals surface area contributed by atoms with Crippen LogP contribution in [0.4, 0.5) is 0 Å². The summed E-state index contributed by atoms with van der Waals surface area (Å²) in [7, 11) is 0. The van der Waals surface area contributed by atoms with Gasteiger partial charge in [0.2, 0.25) is 0 Å². The summed E-state index contributed by atoms with van der Waals surface area (Å²) >= 11 is 6.55. The van der Waals surface area contributed by atoms with Gasteiger partial charge in [-0.2, -0.15) is 0 Å². The standard InChI is InChI=1S/C11H14I2O2S/c1-2-15-10(14)6-4-3-5-8-7-9(12)16-11(8)13/h7H,2-6H2,1H3. The van der Waals surface area contributed by atoms with Gasteiger partial charge < -0.3 is 4.74 Å². The Morgan fingerprint density at radius 2 is 2.19 bits per heavy atom. The number of ether oxygens (including phenoxy) is 1. The molecule has 2 nitrogen and oxygen atoms in total. The molecular formula is C11H14I2O2S. The highest BCUT2D eigenvalue weighted by Gasteiger charge is 2.06. The van der Waals surface area contributed by atoms with Crippen molar-refractivity contribution < 1.29 is 9.53 Å². The van der Waals surface area contributed by atoms with Crippen molar-refractivity contribution in [2.75, 3.05) is 6.61 Å². The fraction of sp³-hybridized carbons (Fsp3) is 0.545. The fourth-order valence-corrected chi connectivity index (χ4v) is 5.46. The number of aryl methyl sites for hydroxylation is 1. The second-order valence-corrected chi connectivity index (χ2v) is 8.12. The lowest BCUT2D eigenvalue weighted by molar-refractivity contribution is -0.143. The van der Waals surface area contributed by atoms with Gasteiger partial charge in [-0.3, -0.25) is 4.79 Å². The summed E-state index contributed by atoms with van der Waals surface area (Å²) in [5, 5.41) is 0. The first-order valence-electron chi connectivity index (χ1n) is 5.22. The van der Waals surface area contributed by atoms with Crippen molar-refractivity contribution in [2.24, 2.45) is 0 Å². The number of rotatable bonds is 6. The molecule has 90 valence electrons. The summed E-state index contributed by atoms with van der Waals surface area (Å²) < 4.78 is 7.59. The molecule has 0 aliphatic heterocycles. The summed E-state index contributed by atoms with van der Waals surface area (Å²) in [6.45, 7) is 2.33. The molecule has 0 aromatic carbocycles. The first-order valence-corrected chi connectivity index (χ1v) is 8.20. The lowest BCUT2D eigenvalue weighted by atomic mass is 10.1. The number of unbranched alkanes of at least 4 members (excludes halogenated alkanes) is 1. The highest BCUT2D eigenvalue weighted by Crippen LogP contribution is 2.26. The Morgan fingerprint density at radius 3 is 2.75 bits per heavy atom. The molecule has 0 radical (unpaired) electrons. The van der Waals surface area contributed by atoms with Crippen LogP contribution < -0.4 is 0 Å². The largest absolute Gasteiger partial charge is 0.466 e. The highest BCUT2D eigenvalue weighted by atomic mass is 127. The summed E-state index contributed by atoms with van der Waals surface area (Å²) in [6.07, 6.45) is 3.59. The summed E-state index contributed by atoms with van der Waals surface area (Å²) in [5.74, 6) is -0.0721. The average Bonchev–Trinajstić information content (AvgIpc) is 2.53. The molecule has 0 bridgehead atoms. The molecule has 0 fully saturated rings. The normalized spacial score (nSPS) is 10.4. The van der Waals surface area contributed by atoms with Crippen LogP contribution in [0.2, 0.25) is 0 Å². The van der Waals surface area contributed by atoms with Crippen LogP contribution in [0, 0.1) is 5.77 Å². The number of hydrogen-bond donors (Lipinski definition) is 0. The van der Waals surface area contributed by atoms with Crippen LogP contribution in [-0.2, 0) is 16.0 Å². The molecule has 1 rings (SSSR count). The maximum Gasteiger partial charge on any atom is 0.305 e. The molecule has 0 N–H and O–H groups in total. The number of carbonyl (C=O) groups excluding carboxylic acids is 1. The van der Waals surface area contributed by atoms with Crippen LogP contribution in [0.15, 0.2) is 6.07 Å². The Balaban J connectivity index is 2.21. The van der Waals surface area contributed by atoms with Gasteiger partial charge in [-0.15, -0.1) is 11.3 Å². The minimum absolute atomic E-state index is 0.0721. The van der Waals surface area contributed by atoms with Gasteiger partial charge in [0.1, 0.15) is 0 Å². The Hall–Kier alpha value is 0.630. The van der Waals surface area contributed by atoms with Crippen LogP contribution in [0.5, 0.6) is 0 Å². The van der Waals surface area contributed by atoms with Crippen molar-refractivity contribution in [1.29, 1.82) is 0 Å². The lowest BCUT2D eigenvalue weighted by Crippen LogP contribution is -2.03. The Bertz CT molecular complexity index is 350. The number of halogens is 2. The quantitative estimate of drug-likeness (QED) is 0.358. The summed E-state index contributed by atoms with van der Waals surface area (Å²) in [4.78, 5) is 11.1. The topological polar surface area (TPSA) is 26.3 Å². The van der Waals surface area contributed by atoms with Crippen molar-refractivity contribution in [1.82, 2.24) is 0 Å². The molecule has 0 atom stereocenters. The minimum atomic E-state index is -0.0721. The zero-order valence-electron chi connectivity index (χ0n) is 9.09. The molecule has 0 saturated heterocycles. The zero-order chi connectivity index (χ0) is 12.0. The van der Waals surface area contributed by atoms with Crippen LogP contribution >= 0.6 is 56.5 Å². The molecule has 5 heteroatoms. The van der Waals surface area contributed by atoms with Gasteiger partial charge in [0.15, 0.2) is 0 Å². The molecule has 0 spiro atoms. The molecule has 0 saturated carbocycles. The van der Waals surface area contributed by atoms with Crippen molar-refractivity contribution >= 4 is 62.5 Å². The second-order valence-electron chi connectivity index (χ2n) is 3.36. The Labute approximate surface area is 127 Å². The van der Waals surface area contributed by atoms with Crippen molar-refractivity contribution in [3.05, 3.63) is 17.4 Å². The van der Waals surface area contributed by atoms with E-state index in [1.54, 1.807) is 0 Å². The number of hydrogen-bond acceptors (Lipinski definition) is 3. The first kappa shape index (κ1) is 14.7. The van der Waals surface area contributed by atoms with Crippen LogP contribution in [-0.4, -0.2) is 12.6 Å². The Morgan fingerprint density at radius 1 is 1.44 bits per heavy atom. The van der Waals surface area contributed by atoms with E-state index in [1.807, 2.05) is 18.3 Å². The molecule has 0 amide bonds. The second kappa shape index (κ2) is 7.86. The van der Waals surface area contributed by atoms with E-state index in [0.717, 1.165) is 19.3 Å². The van der Waals surface area contributed by atoms with Crippen molar-refractivity contribution in [3.63, 3.8) is 0 Å². The highest BCUT2D eigenvalue weighted by molar-refractivity contribution is 14.1. The molecule has 0 aliphatic carbocycles. The summed E-state index contributed by atoms with van der Waals surface area (Å²) in [5.41, 5.74) is 1.42. The third-order valence-corrected chi connectivity index (χ3v) is 5.19. The fourth-order valence-electron chi connectivity index (χ4n) is 1.36. The minimum Gasteiger partial charge on any atom is -0.466 e. The SMILES string of the molecule is CCOC(=O)CCCCc1cc(I)sc1I. The van der Waals surface area contributed by atoms with E-state index in [2.05, 4.69) is 51.2 Å². The number of carbonyl (C=O) groups is 1. The van der Waals surface area contributed by atoms with Crippen molar-refractivity contribution in [3.8, 4) is 0 Å². The van der Waals surface area contributed by atoms with E-state index >= 15 is 0 Å². The molecule has 16 heavy (non-hydrogen) atoms. The molecular weight excluding hydrogens is 450 g/mol. The first-order chi connectivity index (χ1) is 7.63. The van der Waals surface area contributed by atoms with Gasteiger partial charge in [-0.1, -0.05) is 0 Å². The van der Waals surface area contributed by atoms with Crippen molar-refractivity contribution in [2.45, 2.75) is 32.6 Å². The predicted octanol–water partition coefficient (Wildman–Crippen LogP) is 4.23. The predicted molar refractivity (Wildman–Crippen MR) is 83.9 cm³/mol. The van der Waals surface area contributed by atoms with Gasteiger partial charge in [0.05, 0.1) is 12.4 Å². The van der Waals surface area contributed by atoms with E-state index in [-0.39, 0.29) is 5.97 Å². The lowest BCUT2D eigenvalue weighted by Gasteiger charge is -2.01. The van der Waals surface area contributed by atoms with Gasteiger partial charge in [-0.25, -0.2) is 0 Å². The van der Waals surface area contributed by atoms with Crippen LogP contribution in [0.1, 0.15) is 31.7 Å². The zero-order valence-corrected chi connectivity index (χ0v) is 14.2. The monoisotopic (exact) mass is 464 g/mol. The molecule has 1 heterocycles. The third kappa shape index (κ3) is 5.31. The smallest absolute Gasteiger partial charge is 0.305 e. The number of thiophene rings is 1. The van der Waals surface area contributed by atoms with E-state index < -0.39 is 0 Å². The molecule has 0 aliphatic rings. The van der Waals surface area contributed by atoms with Gasteiger partial charge >= 0.3 is 5.97 Å². The van der Waals surface area contributed by atoms with E-state index in [0.29, 0.717) is 13.0 Å². The van der Waals surface area contributed by atoms with Crippen LogP contribution in [0.25, 0.3) is 0 Å². The van der Waals surface area contributed by atoms with E-state index in [9.17, 15) is 4.79 Å². The summed E-state index contributed by atoms with van der Waals surface area (Å²) in [6, 6.07) is 2.23. The maximum atomic E-state index is 11.1. The number of esters is 1.